The monoisotopic (exact) mass is 530 g/mol. The third-order valence-corrected chi connectivity index (χ3v) is 6.41. The van der Waals surface area contributed by atoms with Crippen molar-refractivity contribution in [2.75, 3.05) is 11.9 Å². The molecular formula is C30H24Cl2N2O3. The summed E-state index contributed by atoms with van der Waals surface area (Å²) in [5.74, 6) is 0.260. The van der Waals surface area contributed by atoms with E-state index in [2.05, 4.69) is 23.5 Å². The van der Waals surface area contributed by atoms with E-state index in [0.29, 0.717) is 51.6 Å². The van der Waals surface area contributed by atoms with E-state index in [-0.39, 0.29) is 5.57 Å². The second-order valence-electron chi connectivity index (χ2n) is 8.27. The molecule has 1 N–H and O–H groups in total. The lowest BCUT2D eigenvalue weighted by atomic mass is 10.1. The number of hydrogen-bond donors (Lipinski definition) is 1. The Morgan fingerprint density at radius 1 is 0.973 bits per heavy atom. The molecule has 0 aliphatic carbocycles. The lowest BCUT2D eigenvalue weighted by Crippen LogP contribution is -2.14. The summed E-state index contributed by atoms with van der Waals surface area (Å²) in [5.41, 5.74) is 2.67. The van der Waals surface area contributed by atoms with Crippen LogP contribution in [0.2, 0.25) is 10.0 Å². The molecule has 4 aromatic rings. The van der Waals surface area contributed by atoms with Gasteiger partial charge in [0.05, 0.1) is 11.6 Å². The topological polar surface area (TPSA) is 71.3 Å². The van der Waals surface area contributed by atoms with Gasteiger partial charge >= 0.3 is 0 Å². The van der Waals surface area contributed by atoms with Gasteiger partial charge in [0.2, 0.25) is 0 Å². The van der Waals surface area contributed by atoms with Crippen LogP contribution in [0.3, 0.4) is 0 Å². The van der Waals surface area contributed by atoms with Crippen LogP contribution in [0.15, 0.2) is 78.4 Å². The lowest BCUT2D eigenvalue weighted by Gasteiger charge is -2.15. The quantitative estimate of drug-likeness (QED) is 0.185. The van der Waals surface area contributed by atoms with E-state index >= 15 is 0 Å². The third-order valence-electron chi connectivity index (χ3n) is 5.72. The first-order chi connectivity index (χ1) is 17.9. The second-order valence-corrected chi connectivity index (χ2v) is 9.08. The Morgan fingerprint density at radius 2 is 1.76 bits per heavy atom. The number of rotatable bonds is 8. The Kier molecular flexibility index (Phi) is 8.35. The van der Waals surface area contributed by atoms with Crippen LogP contribution < -0.4 is 14.8 Å². The fourth-order valence-electron chi connectivity index (χ4n) is 3.81. The number of halogens is 2. The van der Waals surface area contributed by atoms with E-state index in [9.17, 15) is 10.1 Å². The van der Waals surface area contributed by atoms with Crippen LogP contribution in [-0.2, 0) is 11.4 Å². The third kappa shape index (κ3) is 6.24. The molecule has 0 heterocycles. The first-order valence-electron chi connectivity index (χ1n) is 11.6. The van der Waals surface area contributed by atoms with Crippen LogP contribution in [0.4, 0.5) is 5.69 Å². The van der Waals surface area contributed by atoms with Crippen molar-refractivity contribution in [3.05, 3.63) is 105 Å². The molecule has 186 valence electrons. The highest BCUT2D eigenvalue weighted by atomic mass is 35.5. The van der Waals surface area contributed by atoms with E-state index in [1.807, 2.05) is 37.3 Å². The van der Waals surface area contributed by atoms with Gasteiger partial charge in [-0.15, -0.1) is 0 Å². The summed E-state index contributed by atoms with van der Waals surface area (Å²) >= 11 is 12.7. The van der Waals surface area contributed by atoms with Crippen molar-refractivity contribution in [1.82, 2.24) is 0 Å². The van der Waals surface area contributed by atoms with E-state index in [1.165, 1.54) is 6.08 Å². The van der Waals surface area contributed by atoms with Gasteiger partial charge in [-0.25, -0.2) is 0 Å². The normalized spacial score (nSPS) is 11.2. The minimum Gasteiger partial charge on any atom is -0.490 e. The molecule has 5 nitrogen and oxygen atoms in total. The van der Waals surface area contributed by atoms with Gasteiger partial charge in [-0.1, -0.05) is 65.7 Å². The van der Waals surface area contributed by atoms with Crippen molar-refractivity contribution in [2.45, 2.75) is 20.5 Å². The van der Waals surface area contributed by atoms with Crippen LogP contribution in [0.25, 0.3) is 16.8 Å². The van der Waals surface area contributed by atoms with Gasteiger partial charge in [-0.05, 0) is 77.7 Å². The first-order valence-corrected chi connectivity index (χ1v) is 12.4. The second kappa shape index (κ2) is 11.8. The minimum absolute atomic E-state index is 0.0947. The molecule has 0 spiro atoms. The predicted octanol–water partition coefficient (Wildman–Crippen LogP) is 7.98. The van der Waals surface area contributed by atoms with Crippen LogP contribution in [0.5, 0.6) is 11.5 Å². The zero-order valence-corrected chi connectivity index (χ0v) is 21.9. The van der Waals surface area contributed by atoms with Crippen molar-refractivity contribution in [3.8, 4) is 17.6 Å². The maximum absolute atomic E-state index is 12.8. The minimum atomic E-state index is -0.557. The van der Waals surface area contributed by atoms with Crippen molar-refractivity contribution in [1.29, 1.82) is 5.26 Å². The molecule has 4 aromatic carbocycles. The van der Waals surface area contributed by atoms with Crippen molar-refractivity contribution in [3.63, 3.8) is 0 Å². The van der Waals surface area contributed by atoms with Crippen molar-refractivity contribution < 1.29 is 14.3 Å². The van der Waals surface area contributed by atoms with Crippen molar-refractivity contribution in [2.24, 2.45) is 0 Å². The molecule has 1 amide bonds. The van der Waals surface area contributed by atoms with E-state index in [1.54, 1.807) is 37.3 Å². The van der Waals surface area contributed by atoms with E-state index < -0.39 is 5.91 Å². The Bertz CT molecular complexity index is 1540. The van der Waals surface area contributed by atoms with E-state index in [4.69, 9.17) is 32.7 Å². The Morgan fingerprint density at radius 3 is 2.51 bits per heavy atom. The molecule has 4 rings (SSSR count). The molecule has 37 heavy (non-hydrogen) atoms. The maximum atomic E-state index is 12.8. The summed E-state index contributed by atoms with van der Waals surface area (Å²) in [7, 11) is 0. The number of nitrogens with one attached hydrogen (secondary N) is 1. The SMILES string of the molecule is CCOc1cc(/C=C(\C#N)C(=O)Nc2cccc(Cl)c2C)cc(Cl)c1OCc1ccc2ccccc2c1. The first kappa shape index (κ1) is 26.1. The standard InChI is InChI=1S/C30H24Cl2N2O3/c1-3-36-28-16-21(14-24(17-33)30(35)34-27-10-6-9-25(31)19(27)2)15-26(32)29(28)37-18-20-11-12-22-7-4-5-8-23(22)13-20/h4-16H,3,18H2,1-2H3,(H,34,35)/b24-14+. The van der Waals surface area contributed by atoms with Gasteiger partial charge in [0.15, 0.2) is 11.5 Å². The highest BCUT2D eigenvalue weighted by Gasteiger charge is 2.16. The highest BCUT2D eigenvalue weighted by Crippen LogP contribution is 2.38. The highest BCUT2D eigenvalue weighted by molar-refractivity contribution is 6.32. The van der Waals surface area contributed by atoms with Crippen molar-refractivity contribution >= 4 is 51.6 Å². The van der Waals surface area contributed by atoms with Gasteiger partial charge < -0.3 is 14.8 Å². The number of fused-ring (bicyclic) bond motifs is 1. The van der Waals surface area contributed by atoms with Crippen LogP contribution in [-0.4, -0.2) is 12.5 Å². The Hall–Kier alpha value is -3.98. The molecule has 0 fully saturated rings. The lowest BCUT2D eigenvalue weighted by molar-refractivity contribution is -0.112. The number of hydrogen-bond acceptors (Lipinski definition) is 4. The molecule has 0 atom stereocenters. The maximum Gasteiger partial charge on any atom is 0.266 e. The number of anilines is 1. The summed E-state index contributed by atoms with van der Waals surface area (Å²) in [4.78, 5) is 12.8. The number of benzene rings is 4. The molecule has 0 unspecified atom stereocenters. The molecule has 0 aliphatic heterocycles. The van der Waals surface area contributed by atoms with Gasteiger partial charge in [0.25, 0.3) is 5.91 Å². The number of carbonyl (C=O) groups excluding carboxylic acids is 1. The van der Waals surface area contributed by atoms with Gasteiger partial charge in [0.1, 0.15) is 18.2 Å². The Balaban J connectivity index is 1.57. The predicted molar refractivity (Wildman–Crippen MR) is 149 cm³/mol. The molecule has 0 saturated heterocycles. The van der Waals surface area contributed by atoms with Gasteiger partial charge in [0, 0.05) is 10.7 Å². The molecule has 0 aliphatic rings. The van der Waals surface area contributed by atoms with Gasteiger partial charge in [-0.2, -0.15) is 5.26 Å². The zero-order valence-electron chi connectivity index (χ0n) is 20.3. The fourth-order valence-corrected chi connectivity index (χ4v) is 4.25. The summed E-state index contributed by atoms with van der Waals surface area (Å²) in [6.07, 6.45) is 1.46. The molecule has 0 saturated carbocycles. The molecule has 0 bridgehead atoms. The van der Waals surface area contributed by atoms with Crippen LogP contribution in [0, 0.1) is 18.3 Å². The van der Waals surface area contributed by atoms with E-state index in [0.717, 1.165) is 16.3 Å². The number of ether oxygens (including phenoxy) is 2. The number of amides is 1. The summed E-state index contributed by atoms with van der Waals surface area (Å²) in [6, 6.07) is 24.7. The summed E-state index contributed by atoms with van der Waals surface area (Å²) < 4.78 is 11.8. The smallest absolute Gasteiger partial charge is 0.266 e. The van der Waals surface area contributed by atoms with Crippen LogP contribution in [0.1, 0.15) is 23.6 Å². The molecule has 0 aromatic heterocycles. The Labute approximate surface area is 225 Å². The average molecular weight is 531 g/mol. The van der Waals surface area contributed by atoms with Crippen LogP contribution >= 0.6 is 23.2 Å². The molecular weight excluding hydrogens is 507 g/mol. The summed E-state index contributed by atoms with van der Waals surface area (Å²) in [5, 5.41) is 15.5. The molecule has 0 radical (unpaired) electrons. The number of nitriles is 1. The number of carbonyl (C=O) groups is 1. The average Bonchev–Trinajstić information content (AvgIpc) is 2.89. The summed E-state index contributed by atoms with van der Waals surface area (Å²) in [6.45, 7) is 4.32. The number of nitrogens with zero attached hydrogens (tertiary/aromatic N) is 1. The van der Waals surface area contributed by atoms with Gasteiger partial charge in [-0.3, -0.25) is 4.79 Å². The fraction of sp³-hybridized carbons (Fsp3) is 0.133. The molecule has 7 heteroatoms. The zero-order chi connectivity index (χ0) is 26.4. The largest absolute Gasteiger partial charge is 0.490 e.